The molecule has 180 valence electrons. The van der Waals surface area contributed by atoms with Crippen LogP contribution in [0.25, 0.3) is 10.9 Å². The van der Waals surface area contributed by atoms with Crippen molar-refractivity contribution in [3.63, 3.8) is 0 Å². The van der Waals surface area contributed by atoms with Gasteiger partial charge in [-0.2, -0.15) is 0 Å². The number of sulfone groups is 1. The van der Waals surface area contributed by atoms with Crippen molar-refractivity contribution >= 4 is 32.3 Å². The number of amides is 1. The Kier molecular flexibility index (Phi) is 6.65. The second-order valence-electron chi connectivity index (χ2n) is 7.57. The quantitative estimate of drug-likeness (QED) is 0.387. The smallest absolute Gasteiger partial charge is 0.244 e. The van der Waals surface area contributed by atoms with Gasteiger partial charge in [0.05, 0.1) is 22.4 Å². The standard InChI is InChI=1S/C25H20F2N2O5S/c1-2-34-19-9-12-22-21(13-19)25(31)23(35(32,33)20-10-5-17(27)6-11-20)14-29(22)15-24(30)28-18-7-3-16(26)4-8-18/h3-14H,2,15H2,1H3,(H,28,30). The summed E-state index contributed by atoms with van der Waals surface area (Å²) in [5, 5.41) is 2.64. The Morgan fingerprint density at radius 3 is 2.23 bits per heavy atom. The second kappa shape index (κ2) is 9.67. The number of nitrogens with zero attached hydrogens (tertiary/aromatic N) is 1. The molecule has 0 aliphatic rings. The number of rotatable bonds is 7. The van der Waals surface area contributed by atoms with E-state index < -0.39 is 37.7 Å². The van der Waals surface area contributed by atoms with Gasteiger partial charge in [-0.25, -0.2) is 17.2 Å². The summed E-state index contributed by atoms with van der Waals surface area (Å²) in [4.78, 5) is 25.2. The zero-order chi connectivity index (χ0) is 25.2. The van der Waals surface area contributed by atoms with E-state index in [0.717, 1.165) is 30.5 Å². The third-order valence-electron chi connectivity index (χ3n) is 5.19. The van der Waals surface area contributed by atoms with Crippen LogP contribution in [0.4, 0.5) is 14.5 Å². The minimum atomic E-state index is -4.34. The van der Waals surface area contributed by atoms with Crippen LogP contribution >= 0.6 is 0 Å². The Hall–Kier alpha value is -4.05. The molecule has 0 atom stereocenters. The van der Waals surface area contributed by atoms with Crippen LogP contribution in [-0.4, -0.2) is 25.5 Å². The zero-order valence-corrected chi connectivity index (χ0v) is 19.3. The molecule has 1 N–H and O–H groups in total. The summed E-state index contributed by atoms with van der Waals surface area (Å²) in [6.45, 7) is 1.75. The summed E-state index contributed by atoms with van der Waals surface area (Å²) in [5.41, 5.74) is -0.119. The molecule has 4 rings (SSSR count). The molecule has 1 aromatic heterocycles. The van der Waals surface area contributed by atoms with Gasteiger partial charge in [0, 0.05) is 11.9 Å². The molecule has 4 aromatic rings. The highest BCUT2D eigenvalue weighted by molar-refractivity contribution is 7.91. The van der Waals surface area contributed by atoms with E-state index in [9.17, 15) is 26.8 Å². The van der Waals surface area contributed by atoms with Gasteiger partial charge in [-0.15, -0.1) is 0 Å². The molecule has 0 unspecified atom stereocenters. The van der Waals surface area contributed by atoms with Crippen molar-refractivity contribution < 1.29 is 26.7 Å². The average molecular weight is 499 g/mol. The topological polar surface area (TPSA) is 94.5 Å². The number of pyridine rings is 1. The fraction of sp³-hybridized carbons (Fsp3) is 0.120. The molecule has 0 radical (unpaired) electrons. The minimum absolute atomic E-state index is 0.0359. The first-order valence-corrected chi connectivity index (χ1v) is 12.0. The van der Waals surface area contributed by atoms with Crippen LogP contribution < -0.4 is 15.5 Å². The number of aromatic nitrogens is 1. The SMILES string of the molecule is CCOc1ccc2c(c1)c(=O)c(S(=O)(=O)c1ccc(F)cc1)cn2CC(=O)Nc1ccc(F)cc1. The van der Waals surface area contributed by atoms with Crippen LogP contribution in [0.3, 0.4) is 0 Å². The summed E-state index contributed by atoms with van der Waals surface area (Å²) < 4.78 is 59.8. The minimum Gasteiger partial charge on any atom is -0.494 e. The van der Waals surface area contributed by atoms with Crippen molar-refractivity contribution in [2.45, 2.75) is 23.3 Å². The fourth-order valence-corrected chi connectivity index (χ4v) is 4.93. The van der Waals surface area contributed by atoms with Gasteiger partial charge < -0.3 is 14.6 Å². The van der Waals surface area contributed by atoms with Gasteiger partial charge in [-0.05, 0) is 73.7 Å². The van der Waals surface area contributed by atoms with Gasteiger partial charge in [-0.3, -0.25) is 9.59 Å². The molecule has 35 heavy (non-hydrogen) atoms. The third kappa shape index (κ3) is 5.07. The van der Waals surface area contributed by atoms with E-state index in [2.05, 4.69) is 5.32 Å². The van der Waals surface area contributed by atoms with Crippen molar-refractivity contribution in [3.05, 3.63) is 94.8 Å². The molecule has 0 aliphatic carbocycles. The molecule has 0 spiro atoms. The molecule has 1 amide bonds. The Labute approximate surface area is 199 Å². The molecule has 0 aliphatic heterocycles. The maximum Gasteiger partial charge on any atom is 0.244 e. The van der Waals surface area contributed by atoms with Crippen LogP contribution in [0.2, 0.25) is 0 Å². The van der Waals surface area contributed by atoms with Gasteiger partial charge in [-0.1, -0.05) is 0 Å². The monoisotopic (exact) mass is 498 g/mol. The summed E-state index contributed by atoms with van der Waals surface area (Å²) in [6.07, 6.45) is 1.09. The summed E-state index contributed by atoms with van der Waals surface area (Å²) in [6, 6.07) is 13.8. The lowest BCUT2D eigenvalue weighted by molar-refractivity contribution is -0.116. The third-order valence-corrected chi connectivity index (χ3v) is 6.95. The normalized spacial score (nSPS) is 11.4. The predicted octanol–water partition coefficient (Wildman–Crippen LogP) is 4.15. The molecule has 7 nitrogen and oxygen atoms in total. The summed E-state index contributed by atoms with van der Waals surface area (Å²) >= 11 is 0. The average Bonchev–Trinajstić information content (AvgIpc) is 2.83. The molecule has 0 saturated heterocycles. The Morgan fingerprint density at radius 2 is 1.60 bits per heavy atom. The van der Waals surface area contributed by atoms with Crippen LogP contribution in [0.1, 0.15) is 6.92 Å². The van der Waals surface area contributed by atoms with Crippen molar-refractivity contribution in [3.8, 4) is 5.75 Å². The van der Waals surface area contributed by atoms with Crippen molar-refractivity contribution in [2.24, 2.45) is 0 Å². The van der Waals surface area contributed by atoms with Crippen molar-refractivity contribution in [2.75, 3.05) is 11.9 Å². The highest BCUT2D eigenvalue weighted by Crippen LogP contribution is 2.24. The molecular formula is C25H20F2N2O5S. The van der Waals surface area contributed by atoms with E-state index in [4.69, 9.17) is 4.74 Å². The van der Waals surface area contributed by atoms with Gasteiger partial charge >= 0.3 is 0 Å². The highest BCUT2D eigenvalue weighted by Gasteiger charge is 2.24. The number of carbonyl (C=O) groups is 1. The largest absolute Gasteiger partial charge is 0.494 e. The number of anilines is 1. The molecular weight excluding hydrogens is 478 g/mol. The van der Waals surface area contributed by atoms with E-state index in [0.29, 0.717) is 23.6 Å². The number of benzene rings is 3. The van der Waals surface area contributed by atoms with Crippen molar-refractivity contribution in [1.29, 1.82) is 0 Å². The molecule has 0 saturated carbocycles. The lowest BCUT2D eigenvalue weighted by atomic mass is 10.2. The van der Waals surface area contributed by atoms with Crippen LogP contribution in [0, 0.1) is 11.6 Å². The molecule has 1 heterocycles. The van der Waals surface area contributed by atoms with Gasteiger partial charge in [0.2, 0.25) is 21.2 Å². The highest BCUT2D eigenvalue weighted by atomic mass is 32.2. The van der Waals surface area contributed by atoms with Crippen LogP contribution in [-0.2, 0) is 21.2 Å². The maximum absolute atomic E-state index is 13.4. The van der Waals surface area contributed by atoms with E-state index >= 15 is 0 Å². The first-order chi connectivity index (χ1) is 16.7. The van der Waals surface area contributed by atoms with Crippen LogP contribution in [0.5, 0.6) is 5.75 Å². The first kappa shape index (κ1) is 24.1. The number of fused-ring (bicyclic) bond motifs is 1. The van der Waals surface area contributed by atoms with Crippen molar-refractivity contribution in [1.82, 2.24) is 4.57 Å². The van der Waals surface area contributed by atoms with Gasteiger partial charge in [0.1, 0.15) is 28.8 Å². The van der Waals surface area contributed by atoms with Crippen LogP contribution in [0.15, 0.2) is 87.5 Å². The number of carbonyl (C=O) groups excluding carboxylic acids is 1. The number of hydrogen-bond acceptors (Lipinski definition) is 5. The molecule has 10 heteroatoms. The molecule has 3 aromatic carbocycles. The van der Waals surface area contributed by atoms with Gasteiger partial charge in [0.15, 0.2) is 0 Å². The molecule has 0 fully saturated rings. The van der Waals surface area contributed by atoms with E-state index in [1.54, 1.807) is 19.1 Å². The van der Waals surface area contributed by atoms with E-state index in [1.165, 1.54) is 34.9 Å². The Bertz CT molecular complexity index is 1570. The number of halogens is 2. The number of nitrogens with one attached hydrogen (secondary N) is 1. The Balaban J connectivity index is 1.83. The number of hydrogen-bond donors (Lipinski definition) is 1. The first-order valence-electron chi connectivity index (χ1n) is 10.5. The summed E-state index contributed by atoms with van der Waals surface area (Å²) in [7, 11) is -4.34. The van der Waals surface area contributed by atoms with E-state index in [1.807, 2.05) is 0 Å². The maximum atomic E-state index is 13.4. The lowest BCUT2D eigenvalue weighted by Crippen LogP contribution is -2.24. The predicted molar refractivity (Wildman–Crippen MR) is 126 cm³/mol. The van der Waals surface area contributed by atoms with Gasteiger partial charge in [0.25, 0.3) is 0 Å². The summed E-state index contributed by atoms with van der Waals surface area (Å²) in [5.74, 6) is -1.26. The number of ether oxygens (including phenoxy) is 1. The lowest BCUT2D eigenvalue weighted by Gasteiger charge is -2.15. The Morgan fingerprint density at radius 1 is 0.971 bits per heavy atom. The second-order valence-corrected chi connectivity index (χ2v) is 9.49. The van der Waals surface area contributed by atoms with E-state index in [-0.39, 0.29) is 16.8 Å². The zero-order valence-electron chi connectivity index (χ0n) is 18.5. The molecule has 0 bridgehead atoms. The fourth-order valence-electron chi connectivity index (χ4n) is 3.56.